The Balaban J connectivity index is 1.83. The average Bonchev–Trinajstić information content (AvgIpc) is 2.49. The van der Waals surface area contributed by atoms with Gasteiger partial charge in [-0.3, -0.25) is 0 Å². The third kappa shape index (κ3) is 3.08. The van der Waals surface area contributed by atoms with Crippen LogP contribution in [0, 0.1) is 0 Å². The first-order valence-corrected chi connectivity index (χ1v) is 8.75. The molecule has 1 fully saturated rings. The first-order chi connectivity index (χ1) is 10.1. The van der Waals surface area contributed by atoms with E-state index in [4.69, 9.17) is 19.9 Å². The van der Waals surface area contributed by atoms with E-state index in [1.165, 1.54) is 0 Å². The fourth-order valence-electron chi connectivity index (χ4n) is 2.64. The Kier molecular flexibility index (Phi) is 3.95. The van der Waals surface area contributed by atoms with Gasteiger partial charge in [-0.2, -0.15) is 0 Å². The van der Waals surface area contributed by atoms with Crippen LogP contribution in [0.4, 0.5) is 5.69 Å². The highest BCUT2D eigenvalue weighted by atomic mass is 32.2. The minimum Gasteiger partial charge on any atom is -0.486 e. The Morgan fingerprint density at radius 1 is 1.05 bits per heavy atom. The Hall–Kier alpha value is -1.47. The van der Waals surface area contributed by atoms with Gasteiger partial charge in [0.25, 0.3) is 0 Å². The molecule has 0 spiro atoms. The quantitative estimate of drug-likeness (QED) is 0.842. The molecule has 0 aliphatic carbocycles. The molecule has 116 valence electrons. The number of fused-ring (bicyclic) bond motifs is 1. The maximum Gasteiger partial charge on any atom is 0.163 e. The SMILES string of the molecule is Nc1cc2c(cc1CS(=O)(=O)C1CCOCC1)OCCO2. The molecule has 6 nitrogen and oxygen atoms in total. The predicted molar refractivity (Wildman–Crippen MR) is 78.3 cm³/mol. The standard InChI is InChI=1S/C14H19NO5S/c15-12-8-14-13(19-5-6-20-14)7-10(12)9-21(16,17)11-1-3-18-4-2-11/h7-8,11H,1-6,9,15H2. The summed E-state index contributed by atoms with van der Waals surface area (Å²) in [6.07, 6.45) is 1.10. The van der Waals surface area contributed by atoms with Crippen molar-refractivity contribution >= 4 is 15.5 Å². The van der Waals surface area contributed by atoms with Crippen molar-refractivity contribution in [3.63, 3.8) is 0 Å². The molecule has 2 N–H and O–H groups in total. The lowest BCUT2D eigenvalue weighted by atomic mass is 10.1. The Morgan fingerprint density at radius 3 is 2.33 bits per heavy atom. The zero-order valence-electron chi connectivity index (χ0n) is 11.7. The van der Waals surface area contributed by atoms with Crippen molar-refractivity contribution in [1.29, 1.82) is 0 Å². The third-order valence-corrected chi connectivity index (χ3v) is 6.04. The van der Waals surface area contributed by atoms with E-state index in [0.29, 0.717) is 62.0 Å². The number of sulfone groups is 1. The summed E-state index contributed by atoms with van der Waals surface area (Å²) in [5.74, 6) is 1.07. The lowest BCUT2D eigenvalue weighted by Gasteiger charge is -2.23. The number of nitrogens with two attached hydrogens (primary N) is 1. The number of hydrogen-bond donors (Lipinski definition) is 1. The number of nitrogen functional groups attached to an aromatic ring is 1. The highest BCUT2D eigenvalue weighted by molar-refractivity contribution is 7.91. The molecule has 0 radical (unpaired) electrons. The molecule has 21 heavy (non-hydrogen) atoms. The summed E-state index contributed by atoms with van der Waals surface area (Å²) < 4.78 is 41.1. The van der Waals surface area contributed by atoms with Gasteiger partial charge < -0.3 is 19.9 Å². The number of hydrogen-bond acceptors (Lipinski definition) is 6. The number of ether oxygens (including phenoxy) is 3. The van der Waals surface area contributed by atoms with Crippen LogP contribution in [-0.2, 0) is 20.3 Å². The van der Waals surface area contributed by atoms with E-state index in [1.807, 2.05) is 0 Å². The van der Waals surface area contributed by atoms with E-state index in [2.05, 4.69) is 0 Å². The molecule has 2 aliphatic rings. The van der Waals surface area contributed by atoms with Crippen LogP contribution in [0.5, 0.6) is 11.5 Å². The van der Waals surface area contributed by atoms with Crippen molar-refractivity contribution in [3.8, 4) is 11.5 Å². The maximum atomic E-state index is 12.5. The molecule has 2 heterocycles. The second-order valence-electron chi connectivity index (χ2n) is 5.31. The average molecular weight is 313 g/mol. The summed E-state index contributed by atoms with van der Waals surface area (Å²) in [7, 11) is -3.24. The Bertz CT molecular complexity index is 622. The zero-order chi connectivity index (χ0) is 14.9. The Morgan fingerprint density at radius 2 is 1.67 bits per heavy atom. The molecule has 3 rings (SSSR count). The van der Waals surface area contributed by atoms with Crippen LogP contribution in [0.3, 0.4) is 0 Å². The zero-order valence-corrected chi connectivity index (χ0v) is 12.5. The fraction of sp³-hybridized carbons (Fsp3) is 0.571. The van der Waals surface area contributed by atoms with Crippen LogP contribution in [0.25, 0.3) is 0 Å². The lowest BCUT2D eigenvalue weighted by molar-refractivity contribution is 0.0983. The largest absolute Gasteiger partial charge is 0.486 e. The van der Waals surface area contributed by atoms with Crippen molar-refractivity contribution in [2.24, 2.45) is 0 Å². The van der Waals surface area contributed by atoms with Gasteiger partial charge in [-0.15, -0.1) is 0 Å². The van der Waals surface area contributed by atoms with Gasteiger partial charge in [-0.25, -0.2) is 8.42 Å². The van der Waals surface area contributed by atoms with Gasteiger partial charge in [0.05, 0.1) is 11.0 Å². The van der Waals surface area contributed by atoms with Crippen molar-refractivity contribution in [2.45, 2.75) is 23.8 Å². The third-order valence-electron chi connectivity index (χ3n) is 3.84. The van der Waals surface area contributed by atoms with Crippen LogP contribution >= 0.6 is 0 Å². The molecule has 1 aromatic rings. The van der Waals surface area contributed by atoms with E-state index in [1.54, 1.807) is 12.1 Å². The van der Waals surface area contributed by atoms with E-state index in [-0.39, 0.29) is 11.0 Å². The number of anilines is 1. The molecule has 2 aliphatic heterocycles. The molecule has 0 saturated carbocycles. The first kappa shape index (κ1) is 14.5. The van der Waals surface area contributed by atoms with E-state index >= 15 is 0 Å². The molecule has 1 aromatic carbocycles. The van der Waals surface area contributed by atoms with Crippen molar-refractivity contribution in [2.75, 3.05) is 32.2 Å². The van der Waals surface area contributed by atoms with Crippen molar-refractivity contribution < 1.29 is 22.6 Å². The number of rotatable bonds is 3. The first-order valence-electron chi connectivity index (χ1n) is 7.03. The van der Waals surface area contributed by atoms with Gasteiger partial charge in [-0.05, 0) is 24.5 Å². The number of benzene rings is 1. The topological polar surface area (TPSA) is 87.9 Å². The van der Waals surface area contributed by atoms with Crippen LogP contribution in [-0.4, -0.2) is 40.1 Å². The molecule has 0 unspecified atom stereocenters. The van der Waals surface area contributed by atoms with Crippen LogP contribution in [0.1, 0.15) is 18.4 Å². The minimum atomic E-state index is -3.24. The highest BCUT2D eigenvalue weighted by Crippen LogP contribution is 2.35. The van der Waals surface area contributed by atoms with Gasteiger partial charge >= 0.3 is 0 Å². The van der Waals surface area contributed by atoms with E-state index in [9.17, 15) is 8.42 Å². The predicted octanol–water partition coefficient (Wildman–Crippen LogP) is 1.13. The Labute approximate surface area is 124 Å². The molecule has 0 amide bonds. The van der Waals surface area contributed by atoms with Gasteiger partial charge in [-0.1, -0.05) is 0 Å². The van der Waals surface area contributed by atoms with Crippen LogP contribution < -0.4 is 15.2 Å². The van der Waals surface area contributed by atoms with Gasteiger partial charge in [0.1, 0.15) is 13.2 Å². The molecule has 0 aromatic heterocycles. The molecular weight excluding hydrogens is 294 g/mol. The van der Waals surface area contributed by atoms with Gasteiger partial charge in [0, 0.05) is 25.0 Å². The van der Waals surface area contributed by atoms with Crippen LogP contribution in [0.2, 0.25) is 0 Å². The van der Waals surface area contributed by atoms with Crippen molar-refractivity contribution in [1.82, 2.24) is 0 Å². The molecular formula is C14H19NO5S. The van der Waals surface area contributed by atoms with Gasteiger partial charge in [0.15, 0.2) is 21.3 Å². The summed E-state index contributed by atoms with van der Waals surface area (Å²) in [5, 5.41) is -0.348. The van der Waals surface area contributed by atoms with Crippen molar-refractivity contribution in [3.05, 3.63) is 17.7 Å². The minimum absolute atomic E-state index is 0.0693. The van der Waals surface area contributed by atoms with Gasteiger partial charge in [0.2, 0.25) is 0 Å². The molecule has 0 atom stereocenters. The van der Waals surface area contributed by atoms with E-state index < -0.39 is 9.84 Å². The summed E-state index contributed by atoms with van der Waals surface area (Å²) >= 11 is 0. The monoisotopic (exact) mass is 313 g/mol. The second kappa shape index (κ2) is 5.73. The summed E-state index contributed by atoms with van der Waals surface area (Å²) in [6.45, 7) is 1.94. The fourth-order valence-corrected chi connectivity index (χ4v) is 4.47. The maximum absolute atomic E-state index is 12.5. The smallest absolute Gasteiger partial charge is 0.163 e. The lowest BCUT2D eigenvalue weighted by Crippen LogP contribution is -2.30. The molecule has 0 bridgehead atoms. The van der Waals surface area contributed by atoms with Crippen LogP contribution in [0.15, 0.2) is 12.1 Å². The summed E-state index contributed by atoms with van der Waals surface area (Å²) in [5.41, 5.74) is 6.96. The summed E-state index contributed by atoms with van der Waals surface area (Å²) in [4.78, 5) is 0. The highest BCUT2D eigenvalue weighted by Gasteiger charge is 2.29. The molecule has 1 saturated heterocycles. The second-order valence-corrected chi connectivity index (χ2v) is 7.59. The summed E-state index contributed by atoms with van der Waals surface area (Å²) in [6, 6.07) is 3.32. The van der Waals surface area contributed by atoms with E-state index in [0.717, 1.165) is 0 Å². The normalized spacial score (nSPS) is 19.4. The molecule has 7 heteroatoms.